The monoisotopic (exact) mass is 777 g/mol. The van der Waals surface area contributed by atoms with E-state index in [0.29, 0.717) is 0 Å². The van der Waals surface area contributed by atoms with E-state index in [-0.39, 0.29) is 0 Å². The van der Waals surface area contributed by atoms with Crippen LogP contribution in [0.1, 0.15) is 22.3 Å². The summed E-state index contributed by atoms with van der Waals surface area (Å²) in [5.74, 6) is 0. The van der Waals surface area contributed by atoms with E-state index in [1.807, 2.05) is 12.1 Å². The van der Waals surface area contributed by atoms with Crippen LogP contribution in [0.15, 0.2) is 241 Å². The topological polar surface area (TPSA) is 16.4 Å². The Morgan fingerprint density at radius 2 is 0.951 bits per heavy atom. The largest absolute Gasteiger partial charge is 0.456 e. The van der Waals surface area contributed by atoms with Gasteiger partial charge in [0, 0.05) is 27.7 Å². The lowest BCUT2D eigenvalue weighted by Gasteiger charge is -2.34. The summed E-state index contributed by atoms with van der Waals surface area (Å²) in [6.45, 7) is 0. The van der Waals surface area contributed by atoms with Gasteiger partial charge in [-0.2, -0.15) is 0 Å². The van der Waals surface area contributed by atoms with Crippen LogP contribution in [0.4, 0.5) is 17.1 Å². The molecule has 61 heavy (non-hydrogen) atoms. The van der Waals surface area contributed by atoms with Crippen molar-refractivity contribution >= 4 is 49.8 Å². The third-order valence-corrected chi connectivity index (χ3v) is 12.7. The van der Waals surface area contributed by atoms with Gasteiger partial charge < -0.3 is 9.32 Å². The maximum atomic E-state index is 6.18. The van der Waals surface area contributed by atoms with Gasteiger partial charge in [0.05, 0.1) is 11.1 Å². The van der Waals surface area contributed by atoms with Crippen LogP contribution < -0.4 is 4.90 Å². The molecule has 0 spiro atoms. The zero-order valence-corrected chi connectivity index (χ0v) is 33.4. The van der Waals surface area contributed by atoms with Gasteiger partial charge in [-0.25, -0.2) is 0 Å². The normalized spacial score (nSPS) is 12.7. The van der Waals surface area contributed by atoms with E-state index >= 15 is 0 Å². The highest BCUT2D eigenvalue weighted by molar-refractivity contribution is 6.06. The molecule has 1 aliphatic rings. The molecule has 1 aromatic heterocycles. The fourth-order valence-electron chi connectivity index (χ4n) is 10.1. The minimum absolute atomic E-state index is 0.513. The van der Waals surface area contributed by atoms with Crippen molar-refractivity contribution < 1.29 is 4.42 Å². The Morgan fingerprint density at radius 3 is 1.77 bits per heavy atom. The molecule has 0 aliphatic heterocycles. The zero-order chi connectivity index (χ0) is 40.3. The average molecular weight is 778 g/mol. The molecular weight excluding hydrogens is 739 g/mol. The second kappa shape index (κ2) is 14.1. The molecule has 0 atom stereocenters. The Labute approximate surface area is 355 Å². The first-order valence-corrected chi connectivity index (χ1v) is 21.0. The second-order valence-corrected chi connectivity index (χ2v) is 16.0. The molecule has 0 fully saturated rings. The first-order chi connectivity index (χ1) is 30.3. The van der Waals surface area contributed by atoms with Crippen LogP contribution in [-0.2, 0) is 5.41 Å². The third-order valence-electron chi connectivity index (χ3n) is 12.7. The molecule has 1 aliphatic carbocycles. The molecule has 12 rings (SSSR count). The number of anilines is 3. The second-order valence-electron chi connectivity index (χ2n) is 16.0. The first-order valence-electron chi connectivity index (χ1n) is 21.0. The molecule has 2 nitrogen and oxygen atoms in total. The SMILES string of the molecule is c1ccc(C2(c3ccccc3)c3ccccc3-c3c(N(c4ccc(-c5ccc6oc7ccccc7c6c5)cc4)c4cccc(-c5cccc6ccccc56)c4)cccc32)cc1. The lowest BCUT2D eigenvalue weighted by Crippen LogP contribution is -2.28. The highest BCUT2D eigenvalue weighted by Crippen LogP contribution is 2.59. The molecule has 0 amide bonds. The van der Waals surface area contributed by atoms with Crippen molar-refractivity contribution in [2.75, 3.05) is 4.90 Å². The fraction of sp³-hybridized carbons (Fsp3) is 0.0169. The molecule has 0 radical (unpaired) electrons. The van der Waals surface area contributed by atoms with E-state index in [9.17, 15) is 0 Å². The number of nitrogens with zero attached hydrogens (tertiary/aromatic N) is 1. The Bertz CT molecular complexity index is 3370. The standard InChI is InChI=1S/C59H39NO/c1-3-19-44(20-4-1)59(45-21-5-2-6-22-45)53-28-11-9-26-51(53)58-54(59)29-15-30-55(58)60(47-23-13-18-43(38-47)49-27-14-17-41-16-7-8-24-48(41)49)46-35-32-40(33-36-46)42-34-37-57-52(39-42)50-25-10-12-31-56(50)61-57/h1-39H. The summed E-state index contributed by atoms with van der Waals surface area (Å²) in [6, 6.07) is 86.2. The number of benzene rings is 10. The lowest BCUT2D eigenvalue weighted by molar-refractivity contribution is 0.669. The maximum absolute atomic E-state index is 6.18. The van der Waals surface area contributed by atoms with Crippen molar-refractivity contribution in [1.29, 1.82) is 0 Å². The van der Waals surface area contributed by atoms with Crippen LogP contribution in [0, 0.1) is 0 Å². The van der Waals surface area contributed by atoms with Gasteiger partial charge in [-0.1, -0.05) is 188 Å². The Balaban J connectivity index is 1.08. The van der Waals surface area contributed by atoms with Crippen molar-refractivity contribution in [3.63, 3.8) is 0 Å². The molecule has 10 aromatic carbocycles. The van der Waals surface area contributed by atoms with E-state index in [0.717, 1.165) is 50.1 Å². The van der Waals surface area contributed by atoms with E-state index in [2.05, 4.69) is 229 Å². The van der Waals surface area contributed by atoms with Crippen LogP contribution in [0.25, 0.3) is 66.1 Å². The minimum Gasteiger partial charge on any atom is -0.456 e. The van der Waals surface area contributed by atoms with Crippen molar-refractivity contribution in [3.8, 4) is 33.4 Å². The number of hydrogen-bond donors (Lipinski definition) is 0. The predicted molar refractivity (Wildman–Crippen MR) is 254 cm³/mol. The number of para-hydroxylation sites is 1. The molecule has 0 saturated carbocycles. The van der Waals surface area contributed by atoms with Gasteiger partial charge in [0.2, 0.25) is 0 Å². The van der Waals surface area contributed by atoms with Gasteiger partial charge >= 0.3 is 0 Å². The van der Waals surface area contributed by atoms with Crippen LogP contribution in [0.2, 0.25) is 0 Å². The molecule has 0 saturated heterocycles. The van der Waals surface area contributed by atoms with Crippen LogP contribution in [0.3, 0.4) is 0 Å². The highest BCUT2D eigenvalue weighted by Gasteiger charge is 2.47. The maximum Gasteiger partial charge on any atom is 0.135 e. The molecule has 2 heteroatoms. The fourth-order valence-corrected chi connectivity index (χ4v) is 10.1. The summed E-state index contributed by atoms with van der Waals surface area (Å²) in [6.07, 6.45) is 0. The predicted octanol–water partition coefficient (Wildman–Crippen LogP) is 15.9. The highest BCUT2D eigenvalue weighted by atomic mass is 16.3. The summed E-state index contributed by atoms with van der Waals surface area (Å²) in [4.78, 5) is 2.47. The molecule has 286 valence electrons. The van der Waals surface area contributed by atoms with Crippen molar-refractivity contribution in [2.24, 2.45) is 0 Å². The Kier molecular flexibility index (Phi) is 8.11. The number of fused-ring (bicyclic) bond motifs is 7. The summed E-state index contributed by atoms with van der Waals surface area (Å²) in [5, 5.41) is 4.73. The third kappa shape index (κ3) is 5.50. The van der Waals surface area contributed by atoms with Crippen molar-refractivity contribution in [1.82, 2.24) is 0 Å². The van der Waals surface area contributed by atoms with Crippen molar-refractivity contribution in [3.05, 3.63) is 259 Å². The van der Waals surface area contributed by atoms with E-state index in [4.69, 9.17) is 4.42 Å². The zero-order valence-electron chi connectivity index (χ0n) is 33.4. The molecule has 0 bridgehead atoms. The van der Waals surface area contributed by atoms with Gasteiger partial charge in [0.25, 0.3) is 0 Å². The van der Waals surface area contributed by atoms with Gasteiger partial charge in [0.1, 0.15) is 11.2 Å². The van der Waals surface area contributed by atoms with Crippen molar-refractivity contribution in [2.45, 2.75) is 5.41 Å². The van der Waals surface area contributed by atoms with Gasteiger partial charge in [-0.15, -0.1) is 0 Å². The first kappa shape index (κ1) is 35.0. The molecule has 0 N–H and O–H groups in total. The smallest absolute Gasteiger partial charge is 0.135 e. The molecule has 1 heterocycles. The quantitative estimate of drug-likeness (QED) is 0.160. The average Bonchev–Trinajstić information content (AvgIpc) is 3.86. The molecular formula is C59H39NO. The minimum atomic E-state index is -0.513. The van der Waals surface area contributed by atoms with Gasteiger partial charge in [-0.3, -0.25) is 0 Å². The van der Waals surface area contributed by atoms with Gasteiger partial charge in [0.15, 0.2) is 0 Å². The van der Waals surface area contributed by atoms with E-state index in [1.165, 1.54) is 55.3 Å². The number of rotatable bonds is 7. The van der Waals surface area contributed by atoms with E-state index < -0.39 is 5.41 Å². The van der Waals surface area contributed by atoms with Crippen LogP contribution >= 0.6 is 0 Å². The number of furan rings is 1. The summed E-state index contributed by atoms with van der Waals surface area (Å²) in [5.41, 5.74) is 16.8. The Morgan fingerprint density at radius 1 is 0.344 bits per heavy atom. The summed E-state index contributed by atoms with van der Waals surface area (Å²) < 4.78 is 6.18. The van der Waals surface area contributed by atoms with Crippen LogP contribution in [0.5, 0.6) is 0 Å². The van der Waals surface area contributed by atoms with E-state index in [1.54, 1.807) is 0 Å². The summed E-state index contributed by atoms with van der Waals surface area (Å²) in [7, 11) is 0. The summed E-state index contributed by atoms with van der Waals surface area (Å²) >= 11 is 0. The Hall–Kier alpha value is -7.94. The van der Waals surface area contributed by atoms with Crippen LogP contribution in [-0.4, -0.2) is 0 Å². The number of hydrogen-bond acceptors (Lipinski definition) is 2. The molecule has 0 unspecified atom stereocenters. The molecule has 11 aromatic rings. The lowest BCUT2D eigenvalue weighted by atomic mass is 9.68. The van der Waals surface area contributed by atoms with Gasteiger partial charge in [-0.05, 0) is 109 Å².